The zero-order chi connectivity index (χ0) is 9.38. The average molecular weight is 201 g/mol. The average Bonchev–Trinajstić information content (AvgIpc) is 2.86. The highest BCUT2D eigenvalue weighted by Crippen LogP contribution is 2.28. The Morgan fingerprint density at radius 1 is 1.29 bits per heavy atom. The molecule has 0 fully saturated rings. The van der Waals surface area contributed by atoms with E-state index in [4.69, 9.17) is 4.52 Å². The van der Waals surface area contributed by atoms with E-state index in [2.05, 4.69) is 16.3 Å². The van der Waals surface area contributed by atoms with Crippen LogP contribution in [0.1, 0.15) is 0 Å². The predicted octanol–water partition coefficient (Wildman–Crippen LogP) is 2.75. The fraction of sp³-hybridized carbons (Fsp3) is 0. The summed E-state index contributed by atoms with van der Waals surface area (Å²) in [6.45, 7) is 0. The first-order valence-electron chi connectivity index (χ1n) is 4.11. The van der Waals surface area contributed by atoms with Crippen LogP contribution >= 0.6 is 11.3 Å². The fourth-order valence-corrected chi connectivity index (χ4v) is 2.19. The molecule has 67 valence electrons. The maximum Gasteiger partial charge on any atom is 0.146 e. The van der Waals surface area contributed by atoms with Gasteiger partial charge in [-0.25, -0.2) is 4.98 Å². The minimum atomic E-state index is 0.811. The molecule has 4 heteroatoms. The molecule has 2 aromatic heterocycles. The standard InChI is InChI=1S/C10H5N2OS/c1-2-4-9-8(3-1)12-10(14-9)7-5-11-13-6-7/h1-4,6H. The van der Waals surface area contributed by atoms with E-state index in [1.165, 1.54) is 0 Å². The molecule has 3 nitrogen and oxygen atoms in total. The molecule has 0 aliphatic rings. The number of para-hydroxylation sites is 1. The van der Waals surface area contributed by atoms with E-state index < -0.39 is 0 Å². The maximum atomic E-state index is 4.73. The lowest BCUT2D eigenvalue weighted by molar-refractivity contribution is 0.418. The van der Waals surface area contributed by atoms with Crippen molar-refractivity contribution in [3.8, 4) is 10.6 Å². The van der Waals surface area contributed by atoms with E-state index in [0.29, 0.717) is 0 Å². The largest absolute Gasteiger partial charge is 0.363 e. The molecule has 3 aromatic rings. The third-order valence-electron chi connectivity index (χ3n) is 1.91. The lowest BCUT2D eigenvalue weighted by Crippen LogP contribution is -1.69. The van der Waals surface area contributed by atoms with Crippen molar-refractivity contribution in [2.45, 2.75) is 0 Å². The van der Waals surface area contributed by atoms with Gasteiger partial charge in [0.25, 0.3) is 0 Å². The number of benzene rings is 1. The summed E-state index contributed by atoms with van der Waals surface area (Å²) in [4.78, 5) is 4.44. The van der Waals surface area contributed by atoms with Crippen molar-refractivity contribution in [2.24, 2.45) is 0 Å². The van der Waals surface area contributed by atoms with Crippen molar-refractivity contribution in [3.63, 3.8) is 0 Å². The summed E-state index contributed by atoms with van der Waals surface area (Å²) in [6, 6.07) is 8.01. The van der Waals surface area contributed by atoms with E-state index in [1.54, 1.807) is 17.6 Å². The van der Waals surface area contributed by atoms with Crippen LogP contribution in [-0.2, 0) is 0 Å². The number of thiazole rings is 1. The molecule has 0 unspecified atom stereocenters. The SMILES string of the molecule is [c]1nocc1-c1nc2ccccc2s1. The van der Waals surface area contributed by atoms with Gasteiger partial charge in [-0.05, 0) is 12.1 Å². The van der Waals surface area contributed by atoms with Crippen LogP contribution in [0.2, 0.25) is 0 Å². The van der Waals surface area contributed by atoms with Gasteiger partial charge in [0.2, 0.25) is 0 Å². The predicted molar refractivity (Wildman–Crippen MR) is 54.0 cm³/mol. The van der Waals surface area contributed by atoms with E-state index in [9.17, 15) is 0 Å². The molecular weight excluding hydrogens is 196 g/mol. The van der Waals surface area contributed by atoms with Crippen LogP contribution in [0.4, 0.5) is 0 Å². The molecule has 2 heterocycles. The summed E-state index contributed by atoms with van der Waals surface area (Å²) >= 11 is 1.61. The monoisotopic (exact) mass is 201 g/mol. The second-order valence-corrected chi connectivity index (χ2v) is 3.86. The van der Waals surface area contributed by atoms with Crippen LogP contribution in [0.15, 0.2) is 35.1 Å². The van der Waals surface area contributed by atoms with Gasteiger partial charge in [-0.2, -0.15) is 0 Å². The van der Waals surface area contributed by atoms with Crippen molar-refractivity contribution < 1.29 is 4.52 Å². The van der Waals surface area contributed by atoms with Gasteiger partial charge in [0.15, 0.2) is 0 Å². The van der Waals surface area contributed by atoms with Crippen LogP contribution in [0.3, 0.4) is 0 Å². The van der Waals surface area contributed by atoms with Gasteiger partial charge in [0.05, 0.1) is 15.8 Å². The maximum absolute atomic E-state index is 4.73. The normalized spacial score (nSPS) is 10.9. The van der Waals surface area contributed by atoms with Crippen LogP contribution in [-0.4, -0.2) is 10.1 Å². The van der Waals surface area contributed by atoms with Gasteiger partial charge in [-0.3, -0.25) is 0 Å². The van der Waals surface area contributed by atoms with Crippen LogP contribution in [0.5, 0.6) is 0 Å². The molecule has 0 atom stereocenters. The lowest BCUT2D eigenvalue weighted by Gasteiger charge is -1.81. The molecule has 0 spiro atoms. The zero-order valence-corrected chi connectivity index (χ0v) is 7.91. The quantitative estimate of drug-likeness (QED) is 0.607. The minimum absolute atomic E-state index is 0.811. The molecule has 3 rings (SSSR count). The molecule has 0 saturated heterocycles. The Labute approximate surface area is 84.0 Å². The van der Waals surface area contributed by atoms with Crippen molar-refractivity contribution in [2.75, 3.05) is 0 Å². The summed E-state index contributed by atoms with van der Waals surface area (Å²) < 4.78 is 5.89. The van der Waals surface area contributed by atoms with Crippen molar-refractivity contribution in [1.29, 1.82) is 0 Å². The van der Waals surface area contributed by atoms with Gasteiger partial charge >= 0.3 is 0 Å². The van der Waals surface area contributed by atoms with Gasteiger partial charge in [0.1, 0.15) is 17.5 Å². The third kappa shape index (κ3) is 1.12. The second-order valence-electron chi connectivity index (χ2n) is 2.83. The van der Waals surface area contributed by atoms with Crippen LogP contribution in [0.25, 0.3) is 20.8 Å². The number of hydrogen-bond donors (Lipinski definition) is 0. The topological polar surface area (TPSA) is 38.9 Å². The Morgan fingerprint density at radius 3 is 3.00 bits per heavy atom. The summed E-state index contributed by atoms with van der Waals surface area (Å²) in [5.41, 5.74) is 1.81. The van der Waals surface area contributed by atoms with Gasteiger partial charge < -0.3 is 4.52 Å². The number of fused-ring (bicyclic) bond motifs is 1. The highest BCUT2D eigenvalue weighted by Gasteiger charge is 2.07. The Bertz CT molecular complexity index is 523. The molecule has 0 amide bonds. The molecule has 1 aromatic carbocycles. The van der Waals surface area contributed by atoms with Crippen molar-refractivity contribution in [1.82, 2.24) is 10.1 Å². The van der Waals surface area contributed by atoms with Gasteiger partial charge in [-0.1, -0.05) is 17.3 Å². The Balaban J connectivity index is 2.24. The second kappa shape index (κ2) is 2.92. The van der Waals surface area contributed by atoms with Crippen molar-refractivity contribution >= 4 is 21.6 Å². The molecule has 0 saturated carbocycles. The first-order chi connectivity index (χ1) is 6.93. The fourth-order valence-electron chi connectivity index (χ4n) is 1.27. The van der Waals surface area contributed by atoms with E-state index in [-0.39, 0.29) is 0 Å². The summed E-state index contributed by atoms with van der Waals surface area (Å²) in [6.07, 6.45) is 4.30. The highest BCUT2D eigenvalue weighted by molar-refractivity contribution is 7.21. The first kappa shape index (κ1) is 7.70. The number of nitrogens with zero attached hydrogens (tertiary/aromatic N) is 2. The molecule has 0 bridgehead atoms. The smallest absolute Gasteiger partial charge is 0.146 e. The highest BCUT2D eigenvalue weighted by atomic mass is 32.1. The zero-order valence-electron chi connectivity index (χ0n) is 7.10. The summed E-state index contributed by atoms with van der Waals surface area (Å²) in [7, 11) is 0. The van der Waals surface area contributed by atoms with Crippen molar-refractivity contribution in [3.05, 3.63) is 36.7 Å². The van der Waals surface area contributed by atoms with Gasteiger partial charge in [0, 0.05) is 0 Å². The van der Waals surface area contributed by atoms with E-state index >= 15 is 0 Å². The van der Waals surface area contributed by atoms with Crippen LogP contribution in [0, 0.1) is 6.20 Å². The number of rotatable bonds is 1. The van der Waals surface area contributed by atoms with Crippen LogP contribution < -0.4 is 0 Å². The number of aromatic nitrogens is 2. The Kier molecular flexibility index (Phi) is 1.61. The molecule has 0 aliphatic heterocycles. The first-order valence-corrected chi connectivity index (χ1v) is 4.93. The number of hydrogen-bond acceptors (Lipinski definition) is 4. The molecular formula is C10H5N2OS. The molecule has 1 radical (unpaired) electrons. The van der Waals surface area contributed by atoms with E-state index in [1.807, 2.05) is 24.3 Å². The summed E-state index contributed by atoms with van der Waals surface area (Å²) in [5.74, 6) is 0. The minimum Gasteiger partial charge on any atom is -0.363 e. The third-order valence-corrected chi connectivity index (χ3v) is 2.98. The summed E-state index contributed by atoms with van der Waals surface area (Å²) in [5, 5.41) is 4.43. The molecule has 14 heavy (non-hydrogen) atoms. The lowest BCUT2D eigenvalue weighted by atomic mass is 10.3. The van der Waals surface area contributed by atoms with E-state index in [0.717, 1.165) is 20.8 Å². The molecule has 0 N–H and O–H groups in total. The van der Waals surface area contributed by atoms with Gasteiger partial charge in [-0.15, -0.1) is 11.3 Å². The Morgan fingerprint density at radius 2 is 2.21 bits per heavy atom. The molecule has 0 aliphatic carbocycles. The Hall–Kier alpha value is -1.68.